The maximum Gasteiger partial charge on any atom is 0.338 e. The number of ketones is 1. The van der Waals surface area contributed by atoms with Gasteiger partial charge in [-0.2, -0.15) is 0 Å². The number of benzene rings is 1. The highest BCUT2D eigenvalue weighted by molar-refractivity contribution is 6.01. The fourth-order valence-corrected chi connectivity index (χ4v) is 3.34. The predicted octanol–water partition coefficient (Wildman–Crippen LogP) is 4.31. The maximum absolute atomic E-state index is 12.4. The van der Waals surface area contributed by atoms with E-state index in [1.807, 2.05) is 28.8 Å². The van der Waals surface area contributed by atoms with Gasteiger partial charge in [0.2, 0.25) is 0 Å². The number of esters is 1. The van der Waals surface area contributed by atoms with E-state index in [1.54, 1.807) is 40.2 Å². The number of ether oxygens (including phenoxy) is 3. The van der Waals surface area contributed by atoms with Crippen LogP contribution in [0.1, 0.15) is 40.3 Å². The summed E-state index contributed by atoms with van der Waals surface area (Å²) in [6.45, 7) is 5.28. The van der Waals surface area contributed by atoms with Gasteiger partial charge in [0.05, 0.1) is 32.1 Å². The molecule has 0 aliphatic heterocycles. The molecule has 0 radical (unpaired) electrons. The van der Waals surface area contributed by atoms with Crippen molar-refractivity contribution in [3.63, 3.8) is 0 Å². The van der Waals surface area contributed by atoms with Gasteiger partial charge >= 0.3 is 5.97 Å². The van der Waals surface area contributed by atoms with E-state index >= 15 is 0 Å². The molecule has 0 atom stereocenters. The summed E-state index contributed by atoms with van der Waals surface area (Å²) in [5.41, 5.74) is 3.94. The zero-order valence-electron chi connectivity index (χ0n) is 16.7. The molecule has 0 aliphatic carbocycles. The smallest absolute Gasteiger partial charge is 0.338 e. The summed E-state index contributed by atoms with van der Waals surface area (Å²) in [7, 11) is 3.19. The van der Waals surface area contributed by atoms with E-state index in [2.05, 4.69) is 0 Å². The van der Waals surface area contributed by atoms with Crippen LogP contribution in [0.5, 0.6) is 11.5 Å². The van der Waals surface area contributed by atoms with E-state index in [1.165, 1.54) is 6.92 Å². The van der Waals surface area contributed by atoms with Crippen LogP contribution in [0.15, 0.2) is 36.5 Å². The van der Waals surface area contributed by atoms with Crippen LogP contribution in [0.2, 0.25) is 0 Å². The second-order valence-corrected chi connectivity index (χ2v) is 6.43. The van der Waals surface area contributed by atoms with E-state index in [4.69, 9.17) is 14.2 Å². The molecule has 3 rings (SSSR count). The molecule has 28 heavy (non-hydrogen) atoms. The summed E-state index contributed by atoms with van der Waals surface area (Å²) < 4.78 is 17.7. The van der Waals surface area contributed by atoms with Crippen molar-refractivity contribution in [1.29, 1.82) is 0 Å². The van der Waals surface area contributed by atoms with Crippen molar-refractivity contribution in [1.82, 2.24) is 4.40 Å². The molecule has 6 heteroatoms. The summed E-state index contributed by atoms with van der Waals surface area (Å²) >= 11 is 0. The van der Waals surface area contributed by atoms with Crippen LogP contribution in [-0.2, 0) is 4.74 Å². The summed E-state index contributed by atoms with van der Waals surface area (Å²) in [4.78, 5) is 24.7. The van der Waals surface area contributed by atoms with Crippen LogP contribution in [0, 0.1) is 6.92 Å². The highest BCUT2D eigenvalue weighted by Crippen LogP contribution is 2.32. The Morgan fingerprint density at radius 1 is 0.964 bits per heavy atom. The minimum Gasteiger partial charge on any atom is -0.497 e. The third kappa shape index (κ3) is 3.45. The van der Waals surface area contributed by atoms with Gasteiger partial charge in [0.15, 0.2) is 5.78 Å². The fourth-order valence-electron chi connectivity index (χ4n) is 3.34. The van der Waals surface area contributed by atoms with Crippen molar-refractivity contribution in [2.75, 3.05) is 20.8 Å². The van der Waals surface area contributed by atoms with Crippen LogP contribution in [-0.4, -0.2) is 37.0 Å². The van der Waals surface area contributed by atoms with Gasteiger partial charge in [0.1, 0.15) is 11.5 Å². The molecule has 0 saturated carbocycles. The van der Waals surface area contributed by atoms with Crippen molar-refractivity contribution in [3.05, 3.63) is 53.3 Å². The summed E-state index contributed by atoms with van der Waals surface area (Å²) in [6, 6.07) is 9.25. The molecular weight excluding hydrogens is 358 g/mol. The lowest BCUT2D eigenvalue weighted by Gasteiger charge is -2.12. The Bertz CT molecular complexity index is 1040. The Morgan fingerprint density at radius 2 is 1.61 bits per heavy atom. The van der Waals surface area contributed by atoms with Crippen molar-refractivity contribution < 1.29 is 23.8 Å². The van der Waals surface area contributed by atoms with Crippen LogP contribution in [0.4, 0.5) is 0 Å². The zero-order chi connectivity index (χ0) is 20.4. The van der Waals surface area contributed by atoms with Gasteiger partial charge in [-0.15, -0.1) is 0 Å². The number of Topliss-reactive ketones (excluding diaryl/α,β-unsaturated/α-hetero) is 1. The lowest BCUT2D eigenvalue weighted by atomic mass is 10.0. The molecule has 2 heterocycles. The highest BCUT2D eigenvalue weighted by atomic mass is 16.5. The molecule has 6 nitrogen and oxygen atoms in total. The SMILES string of the molecule is CCOC(=O)c1cc2cc(-c3cc(OC)cc(OC)c3)cn2c(C(C)=O)c1C. The summed E-state index contributed by atoms with van der Waals surface area (Å²) in [5, 5.41) is 0. The van der Waals surface area contributed by atoms with Crippen molar-refractivity contribution in [2.45, 2.75) is 20.8 Å². The molecule has 1 aromatic carbocycles. The van der Waals surface area contributed by atoms with Gasteiger partial charge < -0.3 is 18.6 Å². The Kier molecular flexibility index (Phi) is 5.40. The standard InChI is InChI=1S/C22H23NO5/c1-6-28-22(25)20-10-17-7-16(12-23(17)21(13(20)2)14(3)24)15-8-18(26-4)11-19(9-15)27-5/h7-12H,6H2,1-5H3. The first-order valence-corrected chi connectivity index (χ1v) is 8.96. The largest absolute Gasteiger partial charge is 0.497 e. The average molecular weight is 381 g/mol. The van der Waals surface area contributed by atoms with Crippen LogP contribution in [0.3, 0.4) is 0 Å². The molecule has 3 aromatic rings. The maximum atomic E-state index is 12.4. The molecule has 0 amide bonds. The minimum atomic E-state index is -0.434. The topological polar surface area (TPSA) is 66.2 Å². The minimum absolute atomic E-state index is 0.126. The van der Waals surface area contributed by atoms with Gasteiger partial charge in [-0.05, 0) is 49.2 Å². The number of pyridine rings is 1. The zero-order valence-corrected chi connectivity index (χ0v) is 16.7. The molecule has 0 unspecified atom stereocenters. The molecule has 0 fully saturated rings. The van der Waals surface area contributed by atoms with Crippen molar-refractivity contribution in [2.24, 2.45) is 0 Å². The Hall–Kier alpha value is -3.28. The third-order valence-electron chi connectivity index (χ3n) is 4.66. The summed E-state index contributed by atoms with van der Waals surface area (Å²) in [6.07, 6.45) is 1.88. The van der Waals surface area contributed by atoms with Crippen molar-refractivity contribution >= 4 is 17.3 Å². The van der Waals surface area contributed by atoms with Gasteiger partial charge in [0, 0.05) is 30.3 Å². The van der Waals surface area contributed by atoms with E-state index in [0.29, 0.717) is 28.3 Å². The normalized spacial score (nSPS) is 10.8. The number of methoxy groups -OCH3 is 2. The average Bonchev–Trinajstić information content (AvgIpc) is 3.10. The number of carbonyl (C=O) groups excluding carboxylic acids is 2. The fraction of sp³-hybridized carbons (Fsp3) is 0.273. The van der Waals surface area contributed by atoms with Gasteiger partial charge in [0.25, 0.3) is 0 Å². The van der Waals surface area contributed by atoms with Crippen LogP contribution in [0.25, 0.3) is 16.6 Å². The Balaban J connectivity index is 2.25. The van der Waals surface area contributed by atoms with Gasteiger partial charge in [-0.1, -0.05) is 0 Å². The molecule has 0 bridgehead atoms. The number of carbonyl (C=O) groups is 2. The third-order valence-corrected chi connectivity index (χ3v) is 4.66. The first-order chi connectivity index (χ1) is 13.4. The lowest BCUT2D eigenvalue weighted by molar-refractivity contribution is 0.0525. The number of nitrogens with zero attached hydrogens (tertiary/aromatic N) is 1. The second-order valence-electron chi connectivity index (χ2n) is 6.43. The number of hydrogen-bond acceptors (Lipinski definition) is 5. The molecule has 2 aromatic heterocycles. The summed E-state index contributed by atoms with van der Waals surface area (Å²) in [5.74, 6) is 0.773. The van der Waals surface area contributed by atoms with Crippen LogP contribution >= 0.6 is 0 Å². The van der Waals surface area contributed by atoms with E-state index in [0.717, 1.165) is 16.6 Å². The Morgan fingerprint density at radius 3 is 2.14 bits per heavy atom. The number of aromatic nitrogens is 1. The number of rotatable bonds is 6. The lowest BCUT2D eigenvalue weighted by Crippen LogP contribution is -2.13. The first kappa shape index (κ1) is 19.5. The molecular formula is C22H23NO5. The van der Waals surface area contributed by atoms with E-state index in [-0.39, 0.29) is 12.4 Å². The molecule has 0 aliphatic rings. The van der Waals surface area contributed by atoms with Gasteiger partial charge in [-0.3, -0.25) is 4.79 Å². The molecule has 146 valence electrons. The van der Waals surface area contributed by atoms with Crippen LogP contribution < -0.4 is 9.47 Å². The van der Waals surface area contributed by atoms with E-state index in [9.17, 15) is 9.59 Å². The van der Waals surface area contributed by atoms with E-state index < -0.39 is 5.97 Å². The van der Waals surface area contributed by atoms with Gasteiger partial charge in [-0.25, -0.2) is 4.79 Å². The molecule has 0 saturated heterocycles. The Labute approximate surface area is 163 Å². The quantitative estimate of drug-likeness (QED) is 0.470. The molecule has 0 spiro atoms. The number of fused-ring (bicyclic) bond motifs is 1. The monoisotopic (exact) mass is 381 g/mol. The van der Waals surface area contributed by atoms with Crippen molar-refractivity contribution in [3.8, 4) is 22.6 Å². The first-order valence-electron chi connectivity index (χ1n) is 8.96. The number of hydrogen-bond donors (Lipinski definition) is 0. The predicted molar refractivity (Wildman–Crippen MR) is 107 cm³/mol. The second kappa shape index (κ2) is 7.76. The highest BCUT2D eigenvalue weighted by Gasteiger charge is 2.20. The molecule has 0 N–H and O–H groups in total.